The van der Waals surface area contributed by atoms with Crippen LogP contribution in [0.25, 0.3) is 0 Å². The number of nitrogens with zero attached hydrogens (tertiary/aromatic N) is 1. The highest BCUT2D eigenvalue weighted by Gasteiger charge is 2.37. The van der Waals surface area contributed by atoms with E-state index in [1.165, 1.54) is 7.05 Å². The van der Waals surface area contributed by atoms with Gasteiger partial charge in [0.1, 0.15) is 0 Å². The Morgan fingerprint density at radius 3 is 2.56 bits per heavy atom. The SMILES string of the molecule is Cc1[nH]c(=O)sc1S(=O)(=O)N(C)[C@@H]1CNC[C@H]1O. The van der Waals surface area contributed by atoms with Gasteiger partial charge in [-0.2, -0.15) is 4.31 Å². The fourth-order valence-electron chi connectivity index (χ4n) is 1.97. The minimum Gasteiger partial charge on any atom is -0.390 e. The fourth-order valence-corrected chi connectivity index (χ4v) is 4.82. The van der Waals surface area contributed by atoms with Crippen LogP contribution >= 0.6 is 11.3 Å². The molecule has 0 aromatic carbocycles. The van der Waals surface area contributed by atoms with Gasteiger partial charge in [0.05, 0.1) is 12.1 Å². The van der Waals surface area contributed by atoms with Gasteiger partial charge in [-0.1, -0.05) is 11.3 Å². The number of aliphatic hydroxyl groups excluding tert-OH is 1. The highest BCUT2D eigenvalue weighted by Crippen LogP contribution is 2.23. The molecule has 7 nitrogen and oxygen atoms in total. The van der Waals surface area contributed by atoms with Gasteiger partial charge in [-0.25, -0.2) is 8.42 Å². The summed E-state index contributed by atoms with van der Waals surface area (Å²) in [5.41, 5.74) is 0.331. The molecule has 1 aromatic heterocycles. The van der Waals surface area contributed by atoms with E-state index in [-0.39, 0.29) is 4.21 Å². The van der Waals surface area contributed by atoms with E-state index < -0.39 is 27.0 Å². The fraction of sp³-hybridized carbons (Fsp3) is 0.667. The van der Waals surface area contributed by atoms with Gasteiger partial charge in [0.25, 0.3) is 10.0 Å². The third-order valence-electron chi connectivity index (χ3n) is 3.01. The maximum Gasteiger partial charge on any atom is 0.305 e. The first-order chi connectivity index (χ1) is 8.34. The van der Waals surface area contributed by atoms with Crippen molar-refractivity contribution >= 4 is 21.4 Å². The van der Waals surface area contributed by atoms with Crippen LogP contribution in [0, 0.1) is 6.92 Å². The summed E-state index contributed by atoms with van der Waals surface area (Å²) >= 11 is 0.667. The molecule has 1 saturated heterocycles. The molecule has 3 N–H and O–H groups in total. The zero-order chi connectivity index (χ0) is 13.5. The van der Waals surface area contributed by atoms with Crippen molar-refractivity contribution in [2.45, 2.75) is 23.3 Å². The molecule has 1 aliphatic heterocycles. The van der Waals surface area contributed by atoms with Gasteiger partial charge in [0.15, 0.2) is 4.21 Å². The Kier molecular flexibility index (Phi) is 3.60. The number of thiazole rings is 1. The average molecular weight is 293 g/mol. The van der Waals surface area contributed by atoms with E-state index in [1.807, 2.05) is 0 Å². The third-order valence-corrected chi connectivity index (χ3v) is 6.48. The molecule has 0 amide bonds. The summed E-state index contributed by atoms with van der Waals surface area (Å²) in [7, 11) is -2.33. The van der Waals surface area contributed by atoms with Crippen LogP contribution in [0.2, 0.25) is 0 Å². The normalized spacial score (nSPS) is 24.9. The quantitative estimate of drug-likeness (QED) is 0.643. The van der Waals surface area contributed by atoms with Gasteiger partial charge >= 0.3 is 4.87 Å². The topological polar surface area (TPSA) is 102 Å². The zero-order valence-corrected chi connectivity index (χ0v) is 11.6. The van der Waals surface area contributed by atoms with E-state index in [0.717, 1.165) is 4.31 Å². The second-order valence-corrected chi connectivity index (χ2v) is 7.42. The van der Waals surface area contributed by atoms with Crippen LogP contribution in [-0.2, 0) is 10.0 Å². The maximum absolute atomic E-state index is 12.3. The summed E-state index contributed by atoms with van der Waals surface area (Å²) in [6.45, 7) is 2.31. The monoisotopic (exact) mass is 293 g/mol. The predicted octanol–water partition coefficient (Wildman–Crippen LogP) is -1.30. The Morgan fingerprint density at radius 2 is 2.11 bits per heavy atom. The molecule has 1 aromatic rings. The van der Waals surface area contributed by atoms with Gasteiger partial charge in [-0.3, -0.25) is 4.79 Å². The Balaban J connectivity index is 2.37. The lowest BCUT2D eigenvalue weighted by atomic mass is 10.2. The minimum atomic E-state index is -3.74. The van der Waals surface area contributed by atoms with Crippen LogP contribution in [-0.4, -0.2) is 55.1 Å². The third kappa shape index (κ3) is 2.24. The Bertz CT molecular complexity index is 591. The van der Waals surface area contributed by atoms with Crippen molar-refractivity contribution in [1.29, 1.82) is 0 Å². The molecular weight excluding hydrogens is 278 g/mol. The molecule has 0 saturated carbocycles. The van der Waals surface area contributed by atoms with Crippen molar-refractivity contribution in [1.82, 2.24) is 14.6 Å². The number of hydrogen-bond donors (Lipinski definition) is 3. The van der Waals surface area contributed by atoms with Gasteiger partial charge in [0.2, 0.25) is 0 Å². The molecule has 18 heavy (non-hydrogen) atoms. The molecule has 102 valence electrons. The van der Waals surface area contributed by atoms with E-state index in [2.05, 4.69) is 10.3 Å². The first-order valence-corrected chi connectivity index (χ1v) is 7.66. The summed E-state index contributed by atoms with van der Waals surface area (Å²) in [4.78, 5) is 13.2. The lowest BCUT2D eigenvalue weighted by molar-refractivity contribution is 0.136. The van der Waals surface area contributed by atoms with E-state index in [0.29, 0.717) is 30.1 Å². The molecule has 1 fully saturated rings. The van der Waals surface area contributed by atoms with Crippen molar-refractivity contribution < 1.29 is 13.5 Å². The number of sulfonamides is 1. The summed E-state index contributed by atoms with van der Waals surface area (Å²) in [6, 6.07) is -0.508. The first-order valence-electron chi connectivity index (χ1n) is 5.40. The largest absolute Gasteiger partial charge is 0.390 e. The predicted molar refractivity (Wildman–Crippen MR) is 67.3 cm³/mol. The van der Waals surface area contributed by atoms with Crippen LogP contribution < -0.4 is 10.2 Å². The lowest BCUT2D eigenvalue weighted by Crippen LogP contribution is -2.44. The molecular formula is C9H15N3O4S2. The van der Waals surface area contributed by atoms with Gasteiger partial charge < -0.3 is 15.4 Å². The molecule has 0 unspecified atom stereocenters. The molecule has 9 heteroatoms. The van der Waals surface area contributed by atoms with Crippen LogP contribution in [0.15, 0.2) is 9.00 Å². The Labute approximate surface area is 109 Å². The van der Waals surface area contributed by atoms with Crippen LogP contribution in [0.4, 0.5) is 0 Å². The molecule has 2 heterocycles. The second kappa shape index (κ2) is 4.74. The van der Waals surface area contributed by atoms with Crippen molar-refractivity contribution in [2.24, 2.45) is 0 Å². The first kappa shape index (κ1) is 13.7. The van der Waals surface area contributed by atoms with Crippen molar-refractivity contribution in [2.75, 3.05) is 20.1 Å². The van der Waals surface area contributed by atoms with Crippen molar-refractivity contribution in [3.63, 3.8) is 0 Å². The number of aromatic nitrogens is 1. The average Bonchev–Trinajstić information content (AvgIpc) is 2.83. The van der Waals surface area contributed by atoms with E-state index in [9.17, 15) is 18.3 Å². The van der Waals surface area contributed by atoms with Crippen molar-refractivity contribution in [3.8, 4) is 0 Å². The highest BCUT2D eigenvalue weighted by molar-refractivity contribution is 7.91. The van der Waals surface area contributed by atoms with Crippen molar-refractivity contribution in [3.05, 3.63) is 15.4 Å². The van der Waals surface area contributed by atoms with Gasteiger partial charge in [-0.05, 0) is 6.92 Å². The van der Waals surface area contributed by atoms with Crippen LogP contribution in [0.1, 0.15) is 5.69 Å². The van der Waals surface area contributed by atoms with E-state index in [4.69, 9.17) is 0 Å². The number of likely N-dealkylation sites (N-methyl/N-ethyl adjacent to an activating group) is 1. The van der Waals surface area contributed by atoms with Crippen LogP contribution in [0.3, 0.4) is 0 Å². The number of aryl methyl sites for hydroxylation is 1. The summed E-state index contributed by atoms with van der Waals surface area (Å²) < 4.78 is 25.8. The summed E-state index contributed by atoms with van der Waals surface area (Å²) in [6.07, 6.45) is -0.735. The summed E-state index contributed by atoms with van der Waals surface area (Å²) in [5, 5.41) is 12.6. The van der Waals surface area contributed by atoms with Gasteiger partial charge in [-0.15, -0.1) is 0 Å². The number of aromatic amines is 1. The lowest BCUT2D eigenvalue weighted by Gasteiger charge is -2.25. The number of rotatable bonds is 3. The molecule has 0 radical (unpaired) electrons. The Morgan fingerprint density at radius 1 is 1.44 bits per heavy atom. The minimum absolute atomic E-state index is 0.00843. The standard InChI is InChI=1S/C9H15N3O4S2/c1-5-8(17-9(14)11-5)18(15,16)12(2)6-3-10-4-7(6)13/h6-7,10,13H,3-4H2,1-2H3,(H,11,14)/t6-,7-/m1/s1. The molecule has 0 spiro atoms. The summed E-state index contributed by atoms with van der Waals surface area (Å²) in [5.74, 6) is 0. The molecule has 1 aliphatic rings. The molecule has 2 atom stereocenters. The van der Waals surface area contributed by atoms with E-state index >= 15 is 0 Å². The number of β-amino-alcohol motifs (C(OH)–C–C–N with tert-alkyl or cyclic N) is 1. The molecule has 0 bridgehead atoms. The molecule has 0 aliphatic carbocycles. The van der Waals surface area contributed by atoms with E-state index in [1.54, 1.807) is 6.92 Å². The maximum atomic E-state index is 12.3. The smallest absolute Gasteiger partial charge is 0.305 e. The van der Waals surface area contributed by atoms with Gasteiger partial charge in [0, 0.05) is 25.8 Å². The molecule has 2 rings (SSSR count). The Hall–Kier alpha value is -0.740. The number of nitrogens with one attached hydrogen (secondary N) is 2. The number of H-pyrrole nitrogens is 1. The zero-order valence-electron chi connectivity index (χ0n) is 10.0. The highest BCUT2D eigenvalue weighted by atomic mass is 32.2. The second-order valence-electron chi connectivity index (χ2n) is 4.24. The number of hydrogen-bond acceptors (Lipinski definition) is 6. The number of aliphatic hydroxyl groups is 1. The van der Waals surface area contributed by atoms with Crippen LogP contribution in [0.5, 0.6) is 0 Å².